The summed E-state index contributed by atoms with van der Waals surface area (Å²) in [5, 5.41) is 2.81. The van der Waals surface area contributed by atoms with E-state index in [1.807, 2.05) is 69.3 Å². The van der Waals surface area contributed by atoms with Gasteiger partial charge < -0.3 is 14.8 Å². The minimum atomic E-state index is -0.169. The second kappa shape index (κ2) is 9.37. The molecule has 2 aromatic rings. The number of ether oxygens (including phenoxy) is 2. The molecule has 0 spiro atoms. The predicted molar refractivity (Wildman–Crippen MR) is 102 cm³/mol. The maximum atomic E-state index is 12.3. The third kappa shape index (κ3) is 6.35. The highest BCUT2D eigenvalue weighted by atomic mass is 32.2. The van der Waals surface area contributed by atoms with Gasteiger partial charge in [0.15, 0.2) is 0 Å². The molecule has 4 nitrogen and oxygen atoms in total. The van der Waals surface area contributed by atoms with E-state index in [4.69, 9.17) is 9.47 Å². The quantitative estimate of drug-likeness (QED) is 0.715. The molecule has 0 radical (unpaired) electrons. The van der Waals surface area contributed by atoms with E-state index in [0.717, 1.165) is 22.0 Å². The molecule has 5 heteroatoms. The van der Waals surface area contributed by atoms with Gasteiger partial charge in [0.05, 0.1) is 18.5 Å². The number of rotatable bonds is 8. The van der Waals surface area contributed by atoms with Crippen LogP contribution in [0, 0.1) is 0 Å². The third-order valence-corrected chi connectivity index (χ3v) is 4.62. The summed E-state index contributed by atoms with van der Waals surface area (Å²) in [5.74, 6) is 1.67. The molecule has 0 aliphatic carbocycles. The van der Waals surface area contributed by atoms with Crippen molar-refractivity contribution >= 4 is 17.7 Å². The fourth-order valence-corrected chi connectivity index (χ4v) is 3.09. The van der Waals surface area contributed by atoms with Crippen molar-refractivity contribution in [2.45, 2.75) is 43.6 Å². The third-order valence-electron chi connectivity index (χ3n) is 3.50. The Bertz CT molecular complexity index is 668. The zero-order valence-electron chi connectivity index (χ0n) is 15.1. The van der Waals surface area contributed by atoms with Crippen molar-refractivity contribution in [1.29, 1.82) is 0 Å². The molecule has 0 saturated carbocycles. The maximum Gasteiger partial charge on any atom is 0.233 e. The van der Waals surface area contributed by atoms with E-state index >= 15 is 0 Å². The lowest BCUT2D eigenvalue weighted by Crippen LogP contribution is -2.30. The number of nitrogens with one attached hydrogen (secondary N) is 1. The van der Waals surface area contributed by atoms with E-state index in [0.29, 0.717) is 6.54 Å². The molecule has 0 heterocycles. The lowest BCUT2D eigenvalue weighted by atomic mass is 10.2. The van der Waals surface area contributed by atoms with Crippen LogP contribution in [0.2, 0.25) is 0 Å². The first-order chi connectivity index (χ1) is 12.0. The highest BCUT2D eigenvalue weighted by molar-refractivity contribution is 8.00. The smallest absolute Gasteiger partial charge is 0.233 e. The van der Waals surface area contributed by atoms with E-state index in [2.05, 4.69) is 5.32 Å². The molecule has 1 N–H and O–H groups in total. The van der Waals surface area contributed by atoms with Gasteiger partial charge in [-0.25, -0.2) is 0 Å². The van der Waals surface area contributed by atoms with Crippen LogP contribution in [-0.2, 0) is 11.3 Å². The van der Waals surface area contributed by atoms with E-state index < -0.39 is 0 Å². The van der Waals surface area contributed by atoms with Gasteiger partial charge in [-0.3, -0.25) is 4.79 Å². The summed E-state index contributed by atoms with van der Waals surface area (Å²) in [5.41, 5.74) is 1.05. The van der Waals surface area contributed by atoms with E-state index in [1.54, 1.807) is 7.11 Å². The minimum absolute atomic E-state index is 0.0170. The number of methoxy groups -OCH3 is 1. The summed E-state index contributed by atoms with van der Waals surface area (Å²) in [7, 11) is 1.64. The molecule has 0 unspecified atom stereocenters. The molecular formula is C20H25NO3S. The molecule has 0 aromatic heterocycles. The van der Waals surface area contributed by atoms with E-state index in [-0.39, 0.29) is 17.3 Å². The minimum Gasteiger partial charge on any atom is -0.497 e. The summed E-state index contributed by atoms with van der Waals surface area (Å²) in [4.78, 5) is 13.3. The van der Waals surface area contributed by atoms with Gasteiger partial charge in [-0.05, 0) is 62.7 Å². The van der Waals surface area contributed by atoms with Crippen LogP contribution in [-0.4, -0.2) is 24.4 Å². The van der Waals surface area contributed by atoms with Crippen molar-refractivity contribution in [2.75, 3.05) is 7.11 Å². The molecule has 1 atom stereocenters. The fraction of sp³-hybridized carbons (Fsp3) is 0.350. The zero-order chi connectivity index (χ0) is 18.2. The Balaban J connectivity index is 1.82. The van der Waals surface area contributed by atoms with E-state index in [1.165, 1.54) is 11.8 Å². The molecule has 2 rings (SSSR count). The SMILES string of the molecule is COc1ccc(S[C@H](C)C(=O)NCc2ccc(OC(C)C)cc2)cc1. The normalized spacial score (nSPS) is 11.9. The van der Waals surface area contributed by atoms with E-state index in [9.17, 15) is 4.79 Å². The molecule has 1 amide bonds. The molecule has 0 aliphatic heterocycles. The average molecular weight is 359 g/mol. The van der Waals surface area contributed by atoms with Gasteiger partial charge in [-0.15, -0.1) is 11.8 Å². The molecular weight excluding hydrogens is 334 g/mol. The van der Waals surface area contributed by atoms with Crippen molar-refractivity contribution in [3.05, 3.63) is 54.1 Å². The first kappa shape index (κ1) is 19.2. The first-order valence-electron chi connectivity index (χ1n) is 8.32. The fourth-order valence-electron chi connectivity index (χ4n) is 2.20. The van der Waals surface area contributed by atoms with Gasteiger partial charge in [0.25, 0.3) is 0 Å². The molecule has 134 valence electrons. The highest BCUT2D eigenvalue weighted by Crippen LogP contribution is 2.25. The Hall–Kier alpha value is -2.14. The Kier molecular flexibility index (Phi) is 7.19. The molecule has 0 aliphatic rings. The number of thioether (sulfide) groups is 1. The van der Waals surface area contributed by atoms with Crippen LogP contribution in [0.15, 0.2) is 53.4 Å². The first-order valence-corrected chi connectivity index (χ1v) is 9.20. The average Bonchev–Trinajstić information content (AvgIpc) is 2.61. The molecule has 0 saturated heterocycles. The second-order valence-corrected chi connectivity index (χ2v) is 7.38. The Labute approximate surface area is 153 Å². The Morgan fingerprint density at radius 1 is 1.00 bits per heavy atom. The van der Waals surface area contributed by atoms with Gasteiger partial charge in [0, 0.05) is 11.4 Å². The van der Waals surface area contributed by atoms with Gasteiger partial charge in [-0.2, -0.15) is 0 Å². The van der Waals surface area contributed by atoms with Crippen molar-refractivity contribution < 1.29 is 14.3 Å². The number of hydrogen-bond donors (Lipinski definition) is 1. The van der Waals surface area contributed by atoms with Gasteiger partial charge in [-0.1, -0.05) is 12.1 Å². The summed E-state index contributed by atoms with van der Waals surface area (Å²) in [6.45, 7) is 6.41. The second-order valence-electron chi connectivity index (χ2n) is 5.96. The Morgan fingerprint density at radius 2 is 1.60 bits per heavy atom. The van der Waals surface area contributed by atoms with Crippen LogP contribution in [0.4, 0.5) is 0 Å². The lowest BCUT2D eigenvalue weighted by Gasteiger charge is -2.13. The largest absolute Gasteiger partial charge is 0.497 e. The van der Waals surface area contributed by atoms with Gasteiger partial charge in [0.2, 0.25) is 5.91 Å². The van der Waals surface area contributed by atoms with Crippen LogP contribution < -0.4 is 14.8 Å². The summed E-state index contributed by atoms with van der Waals surface area (Å²) in [6.07, 6.45) is 0.154. The standard InChI is InChI=1S/C20H25NO3S/c1-14(2)24-18-7-5-16(6-8-18)13-21-20(22)15(3)25-19-11-9-17(23-4)10-12-19/h5-12,14-15H,13H2,1-4H3,(H,21,22)/t15-/m1/s1. The topological polar surface area (TPSA) is 47.6 Å². The molecule has 2 aromatic carbocycles. The summed E-state index contributed by atoms with van der Waals surface area (Å²) < 4.78 is 10.8. The van der Waals surface area contributed by atoms with Gasteiger partial charge in [0.1, 0.15) is 11.5 Å². The van der Waals surface area contributed by atoms with Crippen LogP contribution in [0.5, 0.6) is 11.5 Å². The highest BCUT2D eigenvalue weighted by Gasteiger charge is 2.14. The van der Waals surface area contributed by atoms with Crippen LogP contribution >= 0.6 is 11.8 Å². The number of amides is 1. The number of benzene rings is 2. The molecule has 0 bridgehead atoms. The van der Waals surface area contributed by atoms with Gasteiger partial charge >= 0.3 is 0 Å². The maximum absolute atomic E-state index is 12.3. The van der Waals surface area contributed by atoms with Crippen LogP contribution in [0.25, 0.3) is 0 Å². The number of carbonyl (C=O) groups excluding carboxylic acids is 1. The number of hydrogen-bond acceptors (Lipinski definition) is 4. The Morgan fingerprint density at radius 3 is 2.16 bits per heavy atom. The summed E-state index contributed by atoms with van der Waals surface area (Å²) in [6, 6.07) is 15.5. The molecule has 25 heavy (non-hydrogen) atoms. The predicted octanol–water partition coefficient (Wildman–Crippen LogP) is 4.28. The monoisotopic (exact) mass is 359 g/mol. The lowest BCUT2D eigenvalue weighted by molar-refractivity contribution is -0.120. The number of carbonyl (C=O) groups is 1. The summed E-state index contributed by atoms with van der Waals surface area (Å²) >= 11 is 1.53. The van der Waals surface area contributed by atoms with Crippen molar-refractivity contribution in [1.82, 2.24) is 5.32 Å². The van der Waals surface area contributed by atoms with Crippen LogP contribution in [0.1, 0.15) is 26.3 Å². The molecule has 0 fully saturated rings. The van der Waals surface area contributed by atoms with Crippen molar-refractivity contribution in [2.24, 2.45) is 0 Å². The van der Waals surface area contributed by atoms with Crippen molar-refractivity contribution in [3.8, 4) is 11.5 Å². The van der Waals surface area contributed by atoms with Crippen LogP contribution in [0.3, 0.4) is 0 Å². The zero-order valence-corrected chi connectivity index (χ0v) is 15.9. The van der Waals surface area contributed by atoms with Crippen molar-refractivity contribution in [3.63, 3.8) is 0 Å².